The highest BCUT2D eigenvalue weighted by atomic mass is 32.2. The molecule has 8 heteroatoms. The molecule has 0 saturated heterocycles. The molecule has 1 saturated carbocycles. The van der Waals surface area contributed by atoms with Crippen LogP contribution in [0.5, 0.6) is 0 Å². The molecule has 0 amide bonds. The molecular weight excluding hydrogens is 290 g/mol. The van der Waals surface area contributed by atoms with Gasteiger partial charge in [0.15, 0.2) is 0 Å². The average molecular weight is 305 g/mol. The van der Waals surface area contributed by atoms with E-state index in [2.05, 4.69) is 4.72 Å². The van der Waals surface area contributed by atoms with E-state index in [9.17, 15) is 13.2 Å². The number of aliphatic hydroxyl groups is 1. The van der Waals surface area contributed by atoms with Crippen molar-refractivity contribution in [1.82, 2.24) is 4.72 Å². The maximum Gasteiger partial charge on any atom is 0.345 e. The molecule has 19 heavy (non-hydrogen) atoms. The van der Waals surface area contributed by atoms with E-state index in [4.69, 9.17) is 10.2 Å². The second-order valence-corrected chi connectivity index (χ2v) is 7.67. The molecule has 1 heterocycles. The Morgan fingerprint density at radius 3 is 2.63 bits per heavy atom. The lowest BCUT2D eigenvalue weighted by molar-refractivity contribution is 0.0453. The number of hydrogen-bond acceptors (Lipinski definition) is 5. The van der Waals surface area contributed by atoms with Crippen molar-refractivity contribution in [2.45, 2.75) is 30.8 Å². The smallest absolute Gasteiger partial charge is 0.345 e. The van der Waals surface area contributed by atoms with Crippen LogP contribution in [0.25, 0.3) is 0 Å². The zero-order valence-corrected chi connectivity index (χ0v) is 11.9. The Labute approximate surface area is 115 Å². The normalized spacial score (nSPS) is 23.1. The highest BCUT2D eigenvalue weighted by molar-refractivity contribution is 7.89. The largest absolute Gasteiger partial charge is 0.477 e. The van der Waals surface area contributed by atoms with E-state index in [1.54, 1.807) is 6.92 Å². The molecule has 0 atom stereocenters. The van der Waals surface area contributed by atoms with Crippen LogP contribution in [-0.2, 0) is 10.0 Å². The van der Waals surface area contributed by atoms with Crippen LogP contribution in [0.15, 0.2) is 11.0 Å². The number of aryl methyl sites for hydroxylation is 1. The van der Waals surface area contributed by atoms with E-state index in [-0.39, 0.29) is 28.3 Å². The van der Waals surface area contributed by atoms with E-state index in [1.165, 1.54) is 6.07 Å². The number of carboxylic acids is 1. The second kappa shape index (κ2) is 5.20. The third-order valence-corrected chi connectivity index (χ3v) is 5.86. The van der Waals surface area contributed by atoms with Crippen molar-refractivity contribution in [3.05, 3.63) is 15.8 Å². The number of carbonyl (C=O) groups is 1. The first-order valence-corrected chi connectivity index (χ1v) is 8.11. The first kappa shape index (κ1) is 14.4. The summed E-state index contributed by atoms with van der Waals surface area (Å²) in [6.45, 7) is 1.86. The van der Waals surface area contributed by atoms with Crippen LogP contribution in [0.3, 0.4) is 0 Å². The van der Waals surface area contributed by atoms with Gasteiger partial charge in [0, 0.05) is 11.4 Å². The lowest BCUT2D eigenvalue weighted by Gasteiger charge is -2.31. The molecule has 0 aromatic carbocycles. The lowest BCUT2D eigenvalue weighted by atomic mass is 9.83. The summed E-state index contributed by atoms with van der Waals surface area (Å²) < 4.78 is 26.6. The highest BCUT2D eigenvalue weighted by Gasteiger charge is 2.29. The number of sulfonamides is 1. The van der Waals surface area contributed by atoms with Crippen LogP contribution in [0.4, 0.5) is 0 Å². The second-order valence-electron chi connectivity index (χ2n) is 4.68. The fourth-order valence-electron chi connectivity index (χ4n) is 2.01. The molecule has 0 radical (unpaired) electrons. The SMILES string of the molecule is Cc1sc(C(=O)O)cc1S(=O)(=O)NCC1CC(O)C1. The van der Waals surface area contributed by atoms with Gasteiger partial charge in [0.25, 0.3) is 0 Å². The average Bonchev–Trinajstić information content (AvgIpc) is 2.66. The Hall–Kier alpha value is -0.960. The maximum absolute atomic E-state index is 12.1. The summed E-state index contributed by atoms with van der Waals surface area (Å²) >= 11 is 0.945. The predicted molar refractivity (Wildman–Crippen MR) is 69.9 cm³/mol. The number of aromatic carboxylic acids is 1. The minimum absolute atomic E-state index is 0.0111. The van der Waals surface area contributed by atoms with Crippen molar-refractivity contribution >= 4 is 27.3 Å². The number of hydrogen-bond donors (Lipinski definition) is 3. The molecule has 0 unspecified atom stereocenters. The van der Waals surface area contributed by atoms with Gasteiger partial charge in [-0.2, -0.15) is 0 Å². The summed E-state index contributed by atoms with van der Waals surface area (Å²) in [7, 11) is -3.68. The molecule has 2 rings (SSSR count). The Bertz CT molecular complexity index is 586. The summed E-state index contributed by atoms with van der Waals surface area (Å²) in [6.07, 6.45) is 0.882. The van der Waals surface area contributed by atoms with E-state index < -0.39 is 16.0 Å². The van der Waals surface area contributed by atoms with Crippen molar-refractivity contribution in [2.75, 3.05) is 6.54 Å². The van der Waals surface area contributed by atoms with Gasteiger partial charge < -0.3 is 10.2 Å². The monoisotopic (exact) mass is 305 g/mol. The standard InChI is InChI=1S/C11H15NO5S2/c1-6-10(4-9(18-6)11(14)15)19(16,17)12-5-7-2-8(13)3-7/h4,7-8,12-13H,2-3,5H2,1H3,(H,14,15). The van der Waals surface area contributed by atoms with Crippen molar-refractivity contribution < 1.29 is 23.4 Å². The number of rotatable bonds is 5. The Morgan fingerprint density at radius 2 is 2.16 bits per heavy atom. The van der Waals surface area contributed by atoms with Gasteiger partial charge in [-0.25, -0.2) is 17.9 Å². The number of aliphatic hydroxyl groups excluding tert-OH is 1. The Balaban J connectivity index is 2.08. The van der Waals surface area contributed by atoms with Crippen LogP contribution < -0.4 is 4.72 Å². The minimum atomic E-state index is -3.68. The van der Waals surface area contributed by atoms with Crippen molar-refractivity contribution in [2.24, 2.45) is 5.92 Å². The zero-order valence-electron chi connectivity index (χ0n) is 10.3. The van der Waals surface area contributed by atoms with Gasteiger partial charge in [0.2, 0.25) is 10.0 Å². The van der Waals surface area contributed by atoms with Gasteiger partial charge in [0.1, 0.15) is 4.88 Å². The van der Waals surface area contributed by atoms with Crippen LogP contribution in [-0.4, -0.2) is 37.2 Å². The Kier molecular flexibility index (Phi) is 3.95. The van der Waals surface area contributed by atoms with Crippen LogP contribution in [0.1, 0.15) is 27.4 Å². The summed E-state index contributed by atoms with van der Waals surface area (Å²) in [6, 6.07) is 1.18. The molecule has 1 fully saturated rings. The van der Waals surface area contributed by atoms with Gasteiger partial charge in [-0.05, 0) is 31.7 Å². The number of thiophene rings is 1. The fourth-order valence-corrected chi connectivity index (χ4v) is 4.55. The third-order valence-electron chi connectivity index (χ3n) is 3.15. The number of carboxylic acid groups (broad SMARTS) is 1. The fraction of sp³-hybridized carbons (Fsp3) is 0.545. The molecule has 1 aromatic heterocycles. The maximum atomic E-state index is 12.1. The Morgan fingerprint density at radius 1 is 1.53 bits per heavy atom. The predicted octanol–water partition coefficient (Wildman–Crippen LogP) is 0.804. The van der Waals surface area contributed by atoms with Crippen molar-refractivity contribution in [3.63, 3.8) is 0 Å². The van der Waals surface area contributed by atoms with E-state index in [0.29, 0.717) is 17.7 Å². The van der Waals surface area contributed by atoms with E-state index >= 15 is 0 Å². The first-order chi connectivity index (χ1) is 8.79. The quantitative estimate of drug-likeness (QED) is 0.746. The molecule has 1 aliphatic rings. The molecular formula is C11H15NO5S2. The summed E-state index contributed by atoms with van der Waals surface area (Å²) in [4.78, 5) is 11.3. The van der Waals surface area contributed by atoms with E-state index in [1.807, 2.05) is 0 Å². The van der Waals surface area contributed by atoms with Crippen molar-refractivity contribution in [3.8, 4) is 0 Å². The van der Waals surface area contributed by atoms with Crippen LogP contribution in [0.2, 0.25) is 0 Å². The van der Waals surface area contributed by atoms with Gasteiger partial charge in [-0.1, -0.05) is 0 Å². The zero-order chi connectivity index (χ0) is 14.2. The molecule has 0 spiro atoms. The summed E-state index contributed by atoms with van der Waals surface area (Å²) in [5, 5.41) is 18.0. The molecule has 1 aromatic rings. The molecule has 3 N–H and O–H groups in total. The van der Waals surface area contributed by atoms with Gasteiger partial charge in [0.05, 0.1) is 11.0 Å². The highest BCUT2D eigenvalue weighted by Crippen LogP contribution is 2.28. The third kappa shape index (κ3) is 3.14. The summed E-state index contributed by atoms with van der Waals surface area (Å²) in [5.41, 5.74) is 0. The topological polar surface area (TPSA) is 104 Å². The van der Waals surface area contributed by atoms with Gasteiger partial charge >= 0.3 is 5.97 Å². The van der Waals surface area contributed by atoms with Gasteiger partial charge in [-0.15, -0.1) is 11.3 Å². The van der Waals surface area contributed by atoms with Crippen molar-refractivity contribution in [1.29, 1.82) is 0 Å². The van der Waals surface area contributed by atoms with Gasteiger partial charge in [-0.3, -0.25) is 0 Å². The van der Waals surface area contributed by atoms with Crippen LogP contribution in [0, 0.1) is 12.8 Å². The molecule has 0 bridgehead atoms. The molecule has 106 valence electrons. The van der Waals surface area contributed by atoms with E-state index in [0.717, 1.165) is 11.3 Å². The summed E-state index contributed by atoms with van der Waals surface area (Å²) in [5.74, 6) is -0.973. The molecule has 6 nitrogen and oxygen atoms in total. The molecule has 0 aliphatic heterocycles. The minimum Gasteiger partial charge on any atom is -0.477 e. The molecule has 1 aliphatic carbocycles. The number of nitrogens with one attached hydrogen (secondary N) is 1. The van der Waals surface area contributed by atoms with Crippen LogP contribution >= 0.6 is 11.3 Å². The first-order valence-electron chi connectivity index (χ1n) is 5.81. The lowest BCUT2D eigenvalue weighted by Crippen LogP contribution is -2.38.